The third kappa shape index (κ3) is 7.97. The summed E-state index contributed by atoms with van der Waals surface area (Å²) >= 11 is 0. The summed E-state index contributed by atoms with van der Waals surface area (Å²) < 4.78 is 29.2. The van der Waals surface area contributed by atoms with Gasteiger partial charge in [-0.05, 0) is 88.4 Å². The first-order valence-electron chi connectivity index (χ1n) is 14.2. The molecule has 0 bridgehead atoms. The highest BCUT2D eigenvalue weighted by atomic mass is 32.2. The number of carbonyl (C=O) groups excluding carboxylic acids is 2. The molecule has 220 valence electrons. The minimum absolute atomic E-state index is 0.0539. The van der Waals surface area contributed by atoms with Crippen molar-refractivity contribution in [2.75, 3.05) is 10.8 Å². The van der Waals surface area contributed by atoms with Crippen molar-refractivity contribution in [3.8, 4) is 0 Å². The number of aryl methyl sites for hydroxylation is 4. The molecule has 0 spiro atoms. The lowest BCUT2D eigenvalue weighted by Gasteiger charge is -2.34. The number of hydrogen-bond donors (Lipinski definition) is 1. The number of amides is 2. The Morgan fingerprint density at radius 2 is 1.39 bits per heavy atom. The molecule has 2 atom stereocenters. The van der Waals surface area contributed by atoms with E-state index in [1.165, 1.54) is 4.90 Å². The average molecular weight is 578 g/mol. The molecule has 0 saturated heterocycles. The largest absolute Gasteiger partial charge is 0.352 e. The Bertz CT molecular complexity index is 1450. The van der Waals surface area contributed by atoms with Gasteiger partial charge in [0.25, 0.3) is 10.0 Å². The van der Waals surface area contributed by atoms with Crippen molar-refractivity contribution in [3.05, 3.63) is 94.5 Å². The van der Waals surface area contributed by atoms with Crippen LogP contribution < -0.4 is 9.62 Å². The molecular weight excluding hydrogens is 534 g/mol. The summed E-state index contributed by atoms with van der Waals surface area (Å²) in [6, 6.07) is 18.9. The molecule has 1 N–H and O–H groups in total. The van der Waals surface area contributed by atoms with Gasteiger partial charge in [-0.25, -0.2) is 8.42 Å². The van der Waals surface area contributed by atoms with Crippen LogP contribution in [0.3, 0.4) is 0 Å². The zero-order chi connectivity index (χ0) is 30.3. The van der Waals surface area contributed by atoms with Gasteiger partial charge in [-0.1, -0.05) is 67.4 Å². The molecule has 3 aromatic rings. The summed E-state index contributed by atoms with van der Waals surface area (Å²) in [5, 5.41) is 3.01. The number of hydrogen-bond acceptors (Lipinski definition) is 4. The molecule has 0 heterocycles. The van der Waals surface area contributed by atoms with Gasteiger partial charge in [0.1, 0.15) is 12.6 Å². The van der Waals surface area contributed by atoms with Gasteiger partial charge in [0.15, 0.2) is 0 Å². The molecule has 0 aromatic heterocycles. The van der Waals surface area contributed by atoms with Crippen molar-refractivity contribution >= 4 is 27.5 Å². The normalized spacial score (nSPS) is 12.9. The molecule has 0 saturated carbocycles. The Balaban J connectivity index is 2.08. The molecule has 3 rings (SSSR count). The third-order valence-electron chi connectivity index (χ3n) is 7.53. The molecular formula is C33H43N3O4S. The summed E-state index contributed by atoms with van der Waals surface area (Å²) in [5.74, 6) is -0.702. The highest BCUT2D eigenvalue weighted by molar-refractivity contribution is 7.92. The van der Waals surface area contributed by atoms with Crippen LogP contribution >= 0.6 is 0 Å². The lowest BCUT2D eigenvalue weighted by atomic mass is 10.1. The molecule has 0 radical (unpaired) electrons. The molecule has 0 fully saturated rings. The monoisotopic (exact) mass is 577 g/mol. The lowest BCUT2D eigenvalue weighted by Crippen LogP contribution is -2.53. The SMILES string of the molecule is CC[C@@H](C)NC(=O)[C@@H](CC)N(Cc1ccc(C)cc1)C(=O)CN(c1ccc(C)c(C)c1)S(=O)(=O)c1ccc(C)cc1. The quantitative estimate of drug-likeness (QED) is 0.293. The number of sulfonamides is 1. The van der Waals surface area contributed by atoms with Crippen molar-refractivity contribution in [1.82, 2.24) is 10.2 Å². The van der Waals surface area contributed by atoms with Crippen LogP contribution in [0.5, 0.6) is 0 Å². The van der Waals surface area contributed by atoms with E-state index in [0.29, 0.717) is 12.1 Å². The molecule has 41 heavy (non-hydrogen) atoms. The van der Waals surface area contributed by atoms with E-state index in [0.717, 1.165) is 38.5 Å². The van der Waals surface area contributed by atoms with Crippen LogP contribution in [0.15, 0.2) is 71.6 Å². The average Bonchev–Trinajstić information content (AvgIpc) is 2.94. The number of nitrogens with zero attached hydrogens (tertiary/aromatic N) is 2. The summed E-state index contributed by atoms with van der Waals surface area (Å²) in [6.45, 7) is 13.2. The predicted octanol–water partition coefficient (Wildman–Crippen LogP) is 5.84. The van der Waals surface area contributed by atoms with Crippen molar-refractivity contribution in [2.24, 2.45) is 0 Å². The first kappa shape index (κ1) is 31.9. The Morgan fingerprint density at radius 1 is 0.805 bits per heavy atom. The van der Waals surface area contributed by atoms with Crippen LogP contribution in [-0.2, 0) is 26.2 Å². The first-order chi connectivity index (χ1) is 19.4. The fourth-order valence-electron chi connectivity index (χ4n) is 4.50. The van der Waals surface area contributed by atoms with Gasteiger partial charge < -0.3 is 10.2 Å². The fourth-order valence-corrected chi connectivity index (χ4v) is 5.90. The molecule has 0 unspecified atom stereocenters. The maximum absolute atomic E-state index is 14.2. The first-order valence-corrected chi connectivity index (χ1v) is 15.6. The van der Waals surface area contributed by atoms with Crippen LogP contribution in [0.25, 0.3) is 0 Å². The second-order valence-corrected chi connectivity index (χ2v) is 12.7. The molecule has 7 nitrogen and oxygen atoms in total. The van der Waals surface area contributed by atoms with Crippen molar-refractivity contribution in [2.45, 2.75) is 84.8 Å². The van der Waals surface area contributed by atoms with Crippen molar-refractivity contribution in [1.29, 1.82) is 0 Å². The van der Waals surface area contributed by atoms with E-state index in [1.807, 2.05) is 78.8 Å². The van der Waals surface area contributed by atoms with E-state index in [-0.39, 0.29) is 23.4 Å². The minimum Gasteiger partial charge on any atom is -0.352 e. The molecule has 2 amide bonds. The Hall–Kier alpha value is -3.65. The zero-order valence-electron chi connectivity index (χ0n) is 25.3. The lowest BCUT2D eigenvalue weighted by molar-refractivity contribution is -0.140. The number of nitrogens with one attached hydrogen (secondary N) is 1. The smallest absolute Gasteiger partial charge is 0.264 e. The van der Waals surface area contributed by atoms with Crippen LogP contribution in [-0.4, -0.2) is 43.8 Å². The highest BCUT2D eigenvalue weighted by Crippen LogP contribution is 2.27. The maximum Gasteiger partial charge on any atom is 0.264 e. The number of benzene rings is 3. The predicted molar refractivity (Wildman–Crippen MR) is 165 cm³/mol. The second-order valence-electron chi connectivity index (χ2n) is 10.8. The van der Waals surface area contributed by atoms with E-state index in [2.05, 4.69) is 5.32 Å². The summed E-state index contributed by atoms with van der Waals surface area (Å²) in [6.07, 6.45) is 1.14. The van der Waals surface area contributed by atoms with E-state index >= 15 is 0 Å². The van der Waals surface area contributed by atoms with Gasteiger partial charge in [0.2, 0.25) is 11.8 Å². The second kappa shape index (κ2) is 13.8. The summed E-state index contributed by atoms with van der Waals surface area (Å²) in [7, 11) is -4.10. The van der Waals surface area contributed by atoms with Gasteiger partial charge in [-0.2, -0.15) is 0 Å². The van der Waals surface area contributed by atoms with Gasteiger partial charge in [0.05, 0.1) is 10.6 Å². The van der Waals surface area contributed by atoms with Crippen LogP contribution in [0.2, 0.25) is 0 Å². The molecule has 3 aromatic carbocycles. The van der Waals surface area contributed by atoms with E-state index in [4.69, 9.17) is 0 Å². The number of rotatable bonds is 12. The minimum atomic E-state index is -4.10. The zero-order valence-corrected chi connectivity index (χ0v) is 26.1. The van der Waals surface area contributed by atoms with E-state index in [9.17, 15) is 18.0 Å². The Kier molecular flexibility index (Phi) is 10.7. The van der Waals surface area contributed by atoms with E-state index in [1.54, 1.807) is 36.4 Å². The highest BCUT2D eigenvalue weighted by Gasteiger charge is 2.34. The molecule has 8 heteroatoms. The van der Waals surface area contributed by atoms with Crippen LogP contribution in [0.1, 0.15) is 61.4 Å². The van der Waals surface area contributed by atoms with Gasteiger partial charge in [-0.3, -0.25) is 13.9 Å². The summed E-state index contributed by atoms with van der Waals surface area (Å²) in [5.41, 5.74) is 5.20. The van der Waals surface area contributed by atoms with Crippen molar-refractivity contribution < 1.29 is 18.0 Å². The number of carbonyl (C=O) groups is 2. The van der Waals surface area contributed by atoms with E-state index < -0.39 is 28.5 Å². The van der Waals surface area contributed by atoms with Crippen LogP contribution in [0.4, 0.5) is 5.69 Å². The molecule has 0 aliphatic carbocycles. The third-order valence-corrected chi connectivity index (χ3v) is 9.31. The van der Waals surface area contributed by atoms with Crippen molar-refractivity contribution in [3.63, 3.8) is 0 Å². The van der Waals surface area contributed by atoms with Crippen LogP contribution in [0, 0.1) is 27.7 Å². The fraction of sp³-hybridized carbons (Fsp3) is 0.394. The molecule has 0 aliphatic heterocycles. The molecule has 0 aliphatic rings. The maximum atomic E-state index is 14.2. The van der Waals surface area contributed by atoms with Gasteiger partial charge in [-0.15, -0.1) is 0 Å². The Morgan fingerprint density at radius 3 is 1.93 bits per heavy atom. The standard InChI is InChI=1S/C33H43N3O4S/c1-8-27(7)34-33(38)31(9-2)35(21-28-15-10-23(3)11-16-28)32(37)22-36(29-17-14-25(5)26(6)20-29)41(39,40)30-18-12-24(4)13-19-30/h10-20,27,31H,8-9,21-22H2,1-7H3,(H,34,38)/t27-,31-/m1/s1. The topological polar surface area (TPSA) is 86.8 Å². The number of anilines is 1. The van der Waals surface area contributed by atoms with Gasteiger partial charge in [0, 0.05) is 12.6 Å². The summed E-state index contributed by atoms with van der Waals surface area (Å²) in [4.78, 5) is 29.2. The van der Waals surface area contributed by atoms with Gasteiger partial charge >= 0.3 is 0 Å². The Labute approximate surface area is 245 Å².